The molecule has 0 amide bonds. The Hall–Kier alpha value is -3.71. The van der Waals surface area contributed by atoms with Crippen LogP contribution in [0.1, 0.15) is 108 Å². The topological polar surface area (TPSA) is 44.8 Å². The molecule has 0 aliphatic heterocycles. The van der Waals surface area contributed by atoms with E-state index in [9.17, 15) is 4.79 Å². The molecule has 0 saturated heterocycles. The third-order valence-electron chi connectivity index (χ3n) is 7.39. The number of terminal acetylenes is 1. The van der Waals surface area contributed by atoms with Gasteiger partial charge in [-0.1, -0.05) is 108 Å². The highest BCUT2D eigenvalue weighted by atomic mass is 16.5. The molecule has 0 spiro atoms. The molecular formula is C38H48O4. The highest BCUT2D eigenvalue weighted by Gasteiger charge is 2.11. The highest BCUT2D eigenvalue weighted by molar-refractivity contribution is 5.91. The van der Waals surface area contributed by atoms with Gasteiger partial charge in [0.15, 0.2) is 6.10 Å². The summed E-state index contributed by atoms with van der Waals surface area (Å²) in [6.45, 7) is 5.18. The van der Waals surface area contributed by atoms with E-state index in [1.807, 2.05) is 36.4 Å². The monoisotopic (exact) mass is 568 g/mol. The molecule has 0 unspecified atom stereocenters. The lowest BCUT2D eigenvalue weighted by atomic mass is 10.1. The van der Waals surface area contributed by atoms with Gasteiger partial charge in [0.1, 0.15) is 17.2 Å². The van der Waals surface area contributed by atoms with Crippen LogP contribution in [0.15, 0.2) is 72.8 Å². The van der Waals surface area contributed by atoms with Gasteiger partial charge in [-0.15, -0.1) is 6.42 Å². The standard InChI is InChI=1S/C38H48O4/c1-4-7-9-10-11-12-13-14-16-30-40-35-24-18-31(19-25-35)32-20-26-37(27-21-32)42-38(39)33-22-28-36(29-23-33)41-34(6-3)17-15-8-5-2/h3,18-29,34H,4-5,7-17,30H2,1-2H3/t34-/m1/s1. The molecule has 4 heteroatoms. The van der Waals surface area contributed by atoms with Crippen LogP contribution in [0.5, 0.6) is 17.2 Å². The minimum atomic E-state index is -0.417. The van der Waals surface area contributed by atoms with Gasteiger partial charge < -0.3 is 14.2 Å². The van der Waals surface area contributed by atoms with E-state index in [2.05, 4.69) is 31.9 Å². The van der Waals surface area contributed by atoms with Gasteiger partial charge in [-0.05, 0) is 78.9 Å². The third-order valence-corrected chi connectivity index (χ3v) is 7.39. The first-order chi connectivity index (χ1) is 20.6. The smallest absolute Gasteiger partial charge is 0.343 e. The predicted molar refractivity (Wildman–Crippen MR) is 173 cm³/mol. The van der Waals surface area contributed by atoms with Crippen LogP contribution in [0, 0.1) is 12.3 Å². The Bertz CT molecular complexity index is 1190. The Morgan fingerprint density at radius 3 is 1.71 bits per heavy atom. The van der Waals surface area contributed by atoms with Crippen LogP contribution < -0.4 is 14.2 Å². The number of unbranched alkanes of at least 4 members (excludes halogenated alkanes) is 10. The fraction of sp³-hybridized carbons (Fsp3) is 0.447. The number of benzene rings is 3. The maximum atomic E-state index is 12.7. The van der Waals surface area contributed by atoms with Gasteiger partial charge in [0.25, 0.3) is 0 Å². The second kappa shape index (κ2) is 19.4. The second-order valence-electron chi connectivity index (χ2n) is 10.9. The summed E-state index contributed by atoms with van der Waals surface area (Å²) in [5.74, 6) is 4.32. The molecule has 3 aromatic rings. The van der Waals surface area contributed by atoms with Crippen molar-refractivity contribution in [1.29, 1.82) is 0 Å². The molecule has 0 aliphatic rings. The molecule has 1 atom stereocenters. The van der Waals surface area contributed by atoms with E-state index in [-0.39, 0.29) is 6.10 Å². The summed E-state index contributed by atoms with van der Waals surface area (Å²) in [6.07, 6.45) is 21.2. The molecular weight excluding hydrogens is 520 g/mol. The molecule has 3 aromatic carbocycles. The fourth-order valence-corrected chi connectivity index (χ4v) is 4.82. The largest absolute Gasteiger partial charge is 0.494 e. The molecule has 224 valence electrons. The first-order valence-corrected chi connectivity index (χ1v) is 15.9. The third kappa shape index (κ3) is 12.0. The molecule has 42 heavy (non-hydrogen) atoms. The molecule has 0 aliphatic carbocycles. The number of esters is 1. The van der Waals surface area contributed by atoms with Crippen LogP contribution in [0.3, 0.4) is 0 Å². The normalized spacial score (nSPS) is 11.5. The molecule has 0 heterocycles. The SMILES string of the molecule is C#C[C@H](CCCCC)Oc1ccc(C(=O)Oc2ccc(-c3ccc(OCCCCCCCCCCC)cc3)cc2)cc1. The van der Waals surface area contributed by atoms with Gasteiger partial charge in [0.05, 0.1) is 12.2 Å². The Balaban J connectivity index is 1.39. The number of hydrogen-bond acceptors (Lipinski definition) is 4. The summed E-state index contributed by atoms with van der Waals surface area (Å²) in [4.78, 5) is 12.7. The van der Waals surface area contributed by atoms with Crippen LogP contribution in [0.4, 0.5) is 0 Å². The minimum absolute atomic E-state index is 0.263. The Morgan fingerprint density at radius 1 is 0.643 bits per heavy atom. The van der Waals surface area contributed by atoms with E-state index in [0.29, 0.717) is 17.1 Å². The minimum Gasteiger partial charge on any atom is -0.494 e. The van der Waals surface area contributed by atoms with Gasteiger partial charge in [0, 0.05) is 0 Å². The van der Waals surface area contributed by atoms with Crippen molar-refractivity contribution in [3.63, 3.8) is 0 Å². The van der Waals surface area contributed by atoms with E-state index < -0.39 is 5.97 Å². The first-order valence-electron chi connectivity index (χ1n) is 15.9. The van der Waals surface area contributed by atoms with Gasteiger partial charge in [-0.25, -0.2) is 4.79 Å². The van der Waals surface area contributed by atoms with Crippen molar-refractivity contribution >= 4 is 5.97 Å². The van der Waals surface area contributed by atoms with Crippen LogP contribution in [0.25, 0.3) is 11.1 Å². The van der Waals surface area contributed by atoms with Crippen molar-refractivity contribution in [3.8, 4) is 40.7 Å². The molecule has 0 radical (unpaired) electrons. The summed E-state index contributed by atoms with van der Waals surface area (Å²) in [5, 5.41) is 0. The van der Waals surface area contributed by atoms with E-state index in [4.69, 9.17) is 20.6 Å². The van der Waals surface area contributed by atoms with E-state index in [1.54, 1.807) is 24.3 Å². The van der Waals surface area contributed by atoms with Crippen molar-refractivity contribution in [2.24, 2.45) is 0 Å². The summed E-state index contributed by atoms with van der Waals surface area (Å²) in [7, 11) is 0. The van der Waals surface area contributed by atoms with Gasteiger partial charge in [0.2, 0.25) is 0 Å². The zero-order chi connectivity index (χ0) is 29.8. The lowest BCUT2D eigenvalue weighted by Gasteiger charge is -2.14. The van der Waals surface area contributed by atoms with Crippen molar-refractivity contribution < 1.29 is 19.0 Å². The first kappa shape index (κ1) is 32.8. The summed E-state index contributed by atoms with van der Waals surface area (Å²) in [6, 6.07) is 22.6. The summed E-state index contributed by atoms with van der Waals surface area (Å²) >= 11 is 0. The molecule has 0 bridgehead atoms. The Labute approximate surface area is 253 Å². The average Bonchev–Trinajstić information content (AvgIpc) is 3.02. The van der Waals surface area contributed by atoms with Crippen LogP contribution >= 0.6 is 0 Å². The van der Waals surface area contributed by atoms with Crippen LogP contribution in [-0.2, 0) is 0 Å². The number of carbonyl (C=O) groups is 1. The Morgan fingerprint density at radius 2 is 1.14 bits per heavy atom. The van der Waals surface area contributed by atoms with Crippen LogP contribution in [0.2, 0.25) is 0 Å². The lowest BCUT2D eigenvalue weighted by molar-refractivity contribution is 0.0734. The molecule has 0 saturated carbocycles. The van der Waals surface area contributed by atoms with Gasteiger partial charge in [-0.2, -0.15) is 0 Å². The molecule has 0 aromatic heterocycles. The van der Waals surface area contributed by atoms with E-state index in [0.717, 1.165) is 55.6 Å². The quantitative estimate of drug-likeness (QED) is 0.0588. The fourth-order valence-electron chi connectivity index (χ4n) is 4.82. The molecule has 4 nitrogen and oxygen atoms in total. The molecule has 0 fully saturated rings. The van der Waals surface area contributed by atoms with Crippen molar-refractivity contribution in [1.82, 2.24) is 0 Å². The summed E-state index contributed by atoms with van der Waals surface area (Å²) < 4.78 is 17.4. The van der Waals surface area contributed by atoms with Crippen LogP contribution in [-0.4, -0.2) is 18.7 Å². The van der Waals surface area contributed by atoms with Crippen molar-refractivity contribution in [2.75, 3.05) is 6.61 Å². The summed E-state index contributed by atoms with van der Waals surface area (Å²) in [5.41, 5.74) is 2.58. The van der Waals surface area contributed by atoms with E-state index in [1.165, 1.54) is 51.4 Å². The Kier molecular flexibility index (Phi) is 15.2. The maximum Gasteiger partial charge on any atom is 0.343 e. The number of carbonyl (C=O) groups excluding carboxylic acids is 1. The average molecular weight is 569 g/mol. The lowest BCUT2D eigenvalue weighted by Crippen LogP contribution is -2.14. The van der Waals surface area contributed by atoms with E-state index >= 15 is 0 Å². The van der Waals surface area contributed by atoms with Crippen molar-refractivity contribution in [2.45, 2.75) is 103 Å². The van der Waals surface area contributed by atoms with Gasteiger partial charge in [-0.3, -0.25) is 0 Å². The van der Waals surface area contributed by atoms with Gasteiger partial charge >= 0.3 is 5.97 Å². The zero-order valence-electron chi connectivity index (χ0n) is 25.6. The highest BCUT2D eigenvalue weighted by Crippen LogP contribution is 2.26. The number of ether oxygens (including phenoxy) is 3. The number of hydrogen-bond donors (Lipinski definition) is 0. The zero-order valence-corrected chi connectivity index (χ0v) is 25.6. The number of rotatable bonds is 20. The molecule has 3 rings (SSSR count). The maximum absolute atomic E-state index is 12.7. The molecule has 0 N–H and O–H groups in total. The predicted octanol–water partition coefficient (Wildman–Crippen LogP) is 10.4. The van der Waals surface area contributed by atoms with Crippen molar-refractivity contribution in [3.05, 3.63) is 78.4 Å². The second-order valence-corrected chi connectivity index (χ2v) is 10.9.